The molecule has 0 unspecified atom stereocenters. The SMILES string of the molecule is O=C(Nc1ccc(CNC(=O)C2CCN(C(=O)CCc3ccccc3)CC2)cc1)c1ccco1. The fourth-order valence-electron chi connectivity index (χ4n) is 4.09. The second kappa shape index (κ2) is 11.3. The van der Waals surface area contributed by atoms with E-state index in [0.717, 1.165) is 17.5 Å². The summed E-state index contributed by atoms with van der Waals surface area (Å²) >= 11 is 0. The van der Waals surface area contributed by atoms with Crippen LogP contribution >= 0.6 is 0 Å². The van der Waals surface area contributed by atoms with Gasteiger partial charge < -0.3 is 20.0 Å². The van der Waals surface area contributed by atoms with Gasteiger partial charge in [0.05, 0.1) is 6.26 Å². The van der Waals surface area contributed by atoms with E-state index in [4.69, 9.17) is 4.42 Å². The number of anilines is 1. The van der Waals surface area contributed by atoms with Crippen LogP contribution < -0.4 is 10.6 Å². The van der Waals surface area contributed by atoms with Gasteiger partial charge >= 0.3 is 0 Å². The number of carbonyl (C=O) groups excluding carboxylic acids is 3. The van der Waals surface area contributed by atoms with E-state index in [1.54, 1.807) is 24.3 Å². The van der Waals surface area contributed by atoms with Gasteiger partial charge in [0.1, 0.15) is 0 Å². The maximum atomic E-state index is 12.6. The first-order chi connectivity index (χ1) is 16.6. The standard InChI is InChI=1S/C27H29N3O4/c31-25(13-10-20-5-2-1-3-6-20)30-16-14-22(15-17-30)26(32)28-19-21-8-11-23(12-9-21)29-27(33)24-7-4-18-34-24/h1-9,11-12,18,22H,10,13-17,19H2,(H,28,32)(H,29,33). The summed E-state index contributed by atoms with van der Waals surface area (Å²) in [5.41, 5.74) is 2.76. The van der Waals surface area contributed by atoms with Crippen LogP contribution in [0, 0.1) is 5.92 Å². The number of carbonyl (C=O) groups is 3. The van der Waals surface area contributed by atoms with Crippen molar-refractivity contribution in [1.29, 1.82) is 0 Å². The van der Waals surface area contributed by atoms with Crippen LogP contribution in [0.3, 0.4) is 0 Å². The number of amides is 3. The van der Waals surface area contributed by atoms with Gasteiger partial charge in [0.2, 0.25) is 11.8 Å². The molecule has 34 heavy (non-hydrogen) atoms. The molecular weight excluding hydrogens is 430 g/mol. The van der Waals surface area contributed by atoms with E-state index in [1.165, 1.54) is 6.26 Å². The highest BCUT2D eigenvalue weighted by molar-refractivity contribution is 6.02. The molecule has 2 heterocycles. The lowest BCUT2D eigenvalue weighted by molar-refractivity contribution is -0.135. The van der Waals surface area contributed by atoms with E-state index in [0.29, 0.717) is 44.6 Å². The molecule has 2 aromatic carbocycles. The van der Waals surface area contributed by atoms with Gasteiger partial charge in [-0.1, -0.05) is 42.5 Å². The predicted molar refractivity (Wildman–Crippen MR) is 129 cm³/mol. The lowest BCUT2D eigenvalue weighted by atomic mass is 9.95. The van der Waals surface area contributed by atoms with Crippen LogP contribution in [0.15, 0.2) is 77.4 Å². The fraction of sp³-hybridized carbons (Fsp3) is 0.296. The number of hydrogen-bond donors (Lipinski definition) is 2. The minimum Gasteiger partial charge on any atom is -0.459 e. The van der Waals surface area contributed by atoms with Crippen molar-refractivity contribution in [1.82, 2.24) is 10.2 Å². The Morgan fingerprint density at radius 1 is 0.882 bits per heavy atom. The Kier molecular flexibility index (Phi) is 7.75. The molecule has 2 N–H and O–H groups in total. The Morgan fingerprint density at radius 2 is 1.62 bits per heavy atom. The number of benzene rings is 2. The largest absolute Gasteiger partial charge is 0.459 e. The second-order valence-corrected chi connectivity index (χ2v) is 8.49. The zero-order valence-electron chi connectivity index (χ0n) is 19.0. The number of aryl methyl sites for hydroxylation is 1. The summed E-state index contributed by atoms with van der Waals surface area (Å²) in [5.74, 6) is 0.0368. The maximum Gasteiger partial charge on any atom is 0.291 e. The molecule has 4 rings (SSSR count). The molecule has 176 valence electrons. The molecule has 0 bridgehead atoms. The molecule has 0 aliphatic carbocycles. The smallest absolute Gasteiger partial charge is 0.291 e. The van der Waals surface area contributed by atoms with Crippen molar-refractivity contribution >= 4 is 23.4 Å². The first-order valence-electron chi connectivity index (χ1n) is 11.6. The average Bonchev–Trinajstić information content (AvgIpc) is 3.43. The highest BCUT2D eigenvalue weighted by atomic mass is 16.3. The van der Waals surface area contributed by atoms with E-state index in [9.17, 15) is 14.4 Å². The van der Waals surface area contributed by atoms with Crippen molar-refractivity contribution in [3.05, 3.63) is 89.9 Å². The number of piperidine rings is 1. The van der Waals surface area contributed by atoms with Gasteiger partial charge in [0, 0.05) is 37.7 Å². The first-order valence-corrected chi connectivity index (χ1v) is 11.6. The minimum absolute atomic E-state index is 0.0200. The fourth-order valence-corrected chi connectivity index (χ4v) is 4.09. The van der Waals surface area contributed by atoms with Crippen LogP contribution in [0.25, 0.3) is 0 Å². The Hall–Kier alpha value is -3.87. The topological polar surface area (TPSA) is 91.7 Å². The summed E-state index contributed by atoms with van der Waals surface area (Å²) in [6, 6.07) is 20.6. The number of nitrogens with zero attached hydrogens (tertiary/aromatic N) is 1. The molecule has 0 spiro atoms. The van der Waals surface area contributed by atoms with Crippen molar-refractivity contribution < 1.29 is 18.8 Å². The van der Waals surface area contributed by atoms with Crippen molar-refractivity contribution in [3.63, 3.8) is 0 Å². The van der Waals surface area contributed by atoms with Crippen LogP contribution in [0.4, 0.5) is 5.69 Å². The van der Waals surface area contributed by atoms with Crippen LogP contribution in [-0.4, -0.2) is 35.7 Å². The minimum atomic E-state index is -0.309. The molecule has 1 aromatic heterocycles. The summed E-state index contributed by atoms with van der Waals surface area (Å²) in [5, 5.41) is 5.76. The van der Waals surface area contributed by atoms with Gasteiger partial charge in [-0.05, 0) is 54.7 Å². The summed E-state index contributed by atoms with van der Waals surface area (Å²) in [7, 11) is 0. The highest BCUT2D eigenvalue weighted by Crippen LogP contribution is 2.19. The first kappa shape index (κ1) is 23.3. The zero-order chi connectivity index (χ0) is 23.8. The maximum absolute atomic E-state index is 12.6. The molecule has 1 fully saturated rings. The average molecular weight is 460 g/mol. The third-order valence-electron chi connectivity index (χ3n) is 6.11. The number of rotatable bonds is 8. The normalized spacial score (nSPS) is 13.9. The molecule has 1 aliphatic heterocycles. The van der Waals surface area contributed by atoms with Crippen molar-refractivity contribution in [3.8, 4) is 0 Å². The molecule has 3 aromatic rings. The number of likely N-dealkylation sites (tertiary alicyclic amines) is 1. The summed E-state index contributed by atoms with van der Waals surface area (Å²) in [4.78, 5) is 39.0. The molecular formula is C27H29N3O4. The summed E-state index contributed by atoms with van der Waals surface area (Å²) in [6.45, 7) is 1.66. The van der Waals surface area contributed by atoms with E-state index >= 15 is 0 Å². The van der Waals surface area contributed by atoms with E-state index in [-0.39, 0.29) is 29.4 Å². The van der Waals surface area contributed by atoms with E-state index < -0.39 is 0 Å². The van der Waals surface area contributed by atoms with E-state index in [2.05, 4.69) is 10.6 Å². The van der Waals surface area contributed by atoms with Crippen molar-refractivity contribution in [2.24, 2.45) is 5.92 Å². The Morgan fingerprint density at radius 3 is 2.29 bits per heavy atom. The molecule has 1 aliphatic rings. The lowest BCUT2D eigenvalue weighted by Gasteiger charge is -2.31. The van der Waals surface area contributed by atoms with E-state index in [1.807, 2.05) is 47.4 Å². The van der Waals surface area contributed by atoms with Crippen molar-refractivity contribution in [2.45, 2.75) is 32.2 Å². The zero-order valence-corrected chi connectivity index (χ0v) is 19.0. The Bertz CT molecular complexity index is 1090. The summed E-state index contributed by atoms with van der Waals surface area (Å²) < 4.78 is 5.08. The molecule has 7 nitrogen and oxygen atoms in total. The molecule has 0 atom stereocenters. The van der Waals surface area contributed by atoms with Crippen LogP contribution in [0.2, 0.25) is 0 Å². The van der Waals surface area contributed by atoms with Crippen LogP contribution in [0.1, 0.15) is 40.9 Å². The third kappa shape index (κ3) is 6.34. The Labute approximate surface area is 199 Å². The molecule has 3 amide bonds. The molecule has 7 heteroatoms. The van der Waals surface area contributed by atoms with Crippen LogP contribution in [0.5, 0.6) is 0 Å². The quantitative estimate of drug-likeness (QED) is 0.532. The second-order valence-electron chi connectivity index (χ2n) is 8.49. The van der Waals surface area contributed by atoms with Gasteiger partial charge in [-0.2, -0.15) is 0 Å². The lowest BCUT2D eigenvalue weighted by Crippen LogP contribution is -2.43. The van der Waals surface area contributed by atoms with Gasteiger partial charge in [0.15, 0.2) is 5.76 Å². The molecule has 0 radical (unpaired) electrons. The monoisotopic (exact) mass is 459 g/mol. The number of hydrogen-bond acceptors (Lipinski definition) is 4. The third-order valence-corrected chi connectivity index (χ3v) is 6.11. The number of nitrogens with one attached hydrogen (secondary N) is 2. The van der Waals surface area contributed by atoms with Gasteiger partial charge in [-0.15, -0.1) is 0 Å². The summed E-state index contributed by atoms with van der Waals surface area (Å²) in [6.07, 6.45) is 4.06. The van der Waals surface area contributed by atoms with Gasteiger partial charge in [0.25, 0.3) is 5.91 Å². The predicted octanol–water partition coefficient (Wildman–Crippen LogP) is 4.02. The van der Waals surface area contributed by atoms with Gasteiger partial charge in [-0.25, -0.2) is 0 Å². The Balaban J connectivity index is 1.17. The molecule has 0 saturated carbocycles. The number of furan rings is 1. The van der Waals surface area contributed by atoms with Crippen LogP contribution in [-0.2, 0) is 22.6 Å². The molecule has 1 saturated heterocycles. The van der Waals surface area contributed by atoms with Gasteiger partial charge in [-0.3, -0.25) is 14.4 Å². The van der Waals surface area contributed by atoms with Crippen molar-refractivity contribution in [2.75, 3.05) is 18.4 Å². The highest BCUT2D eigenvalue weighted by Gasteiger charge is 2.27.